The van der Waals surface area contributed by atoms with Gasteiger partial charge in [-0.05, 0) is 6.08 Å². The molecule has 2 nitrogen and oxygen atoms in total. The van der Waals surface area contributed by atoms with Gasteiger partial charge in [0.15, 0.2) is 52.7 Å². The van der Waals surface area contributed by atoms with Crippen molar-refractivity contribution in [2.24, 2.45) is 5.73 Å². The van der Waals surface area contributed by atoms with Crippen LogP contribution in [0.2, 0.25) is 0 Å². The highest BCUT2D eigenvalue weighted by atomic mass is 19.2. The number of hydrogen-bond acceptors (Lipinski definition) is 2. The summed E-state index contributed by atoms with van der Waals surface area (Å²) in [6.07, 6.45) is -4.29. The van der Waals surface area contributed by atoms with Gasteiger partial charge in [-0.2, -0.15) is 0 Å². The highest BCUT2D eigenvalue weighted by Gasteiger charge is 2.53. The van der Waals surface area contributed by atoms with E-state index in [-0.39, 0.29) is 0 Å². The van der Waals surface area contributed by atoms with Gasteiger partial charge in [-0.25, -0.2) is 52.7 Å². The zero-order valence-corrected chi connectivity index (χ0v) is 14.8. The topological polar surface area (TPSA) is 52.0 Å². The van der Waals surface area contributed by atoms with Gasteiger partial charge in [-0.1, -0.05) is 0 Å². The van der Waals surface area contributed by atoms with E-state index < -0.39 is 104 Å². The molecule has 1 aliphatic carbocycles. The van der Waals surface area contributed by atoms with Crippen molar-refractivity contribution in [3.63, 3.8) is 0 Å². The predicted molar refractivity (Wildman–Crippen MR) is 84.9 cm³/mol. The lowest BCUT2D eigenvalue weighted by molar-refractivity contribution is 0.182. The Morgan fingerprint density at radius 3 is 1.47 bits per heavy atom. The smallest absolute Gasteiger partial charge is 0.200 e. The van der Waals surface area contributed by atoms with Crippen LogP contribution in [0.5, 0.6) is 0 Å². The van der Waals surface area contributed by atoms with Crippen LogP contribution < -0.4 is 11.5 Å². The number of nitrogen functional groups attached to an aromatic ring is 1. The first-order valence-electron chi connectivity index (χ1n) is 8.03. The van der Waals surface area contributed by atoms with E-state index >= 15 is 0 Å². The quantitative estimate of drug-likeness (QED) is 0.268. The van der Waals surface area contributed by atoms with Crippen LogP contribution in [0, 0.1) is 52.4 Å². The summed E-state index contributed by atoms with van der Waals surface area (Å²) < 4.78 is 168. The Morgan fingerprint density at radius 2 is 1.03 bits per heavy atom. The van der Waals surface area contributed by atoms with Gasteiger partial charge in [0.05, 0.1) is 11.1 Å². The van der Waals surface area contributed by atoms with Gasteiger partial charge in [-0.3, -0.25) is 0 Å². The third-order valence-corrected chi connectivity index (χ3v) is 4.74. The van der Waals surface area contributed by atoms with Crippen LogP contribution >= 0.6 is 0 Å². The van der Waals surface area contributed by atoms with Crippen molar-refractivity contribution < 1.29 is 52.7 Å². The minimum Gasteiger partial charge on any atom is -0.394 e. The van der Waals surface area contributed by atoms with E-state index in [0.717, 1.165) is 0 Å². The number of alkyl halides is 1. The first kappa shape index (κ1) is 23.5. The average molecular weight is 478 g/mol. The molecule has 1 aliphatic rings. The van der Waals surface area contributed by atoms with Crippen molar-refractivity contribution >= 4 is 11.3 Å². The van der Waals surface area contributed by atoms with E-state index in [2.05, 4.69) is 0 Å². The Bertz CT molecular complexity index is 1180. The Hall–Kier alpha value is -3.16. The molecule has 0 saturated carbocycles. The third-order valence-electron chi connectivity index (χ3n) is 4.74. The van der Waals surface area contributed by atoms with Gasteiger partial charge in [-0.15, -0.1) is 0 Å². The molecule has 0 amide bonds. The minimum atomic E-state index is -4.06. The van der Waals surface area contributed by atoms with Crippen molar-refractivity contribution in [2.75, 3.05) is 5.73 Å². The average Bonchev–Trinajstić information content (AvgIpc) is 2.76. The number of halogens is 12. The monoisotopic (exact) mass is 478 g/mol. The molecule has 0 aromatic heterocycles. The number of rotatable bonds is 2. The summed E-state index contributed by atoms with van der Waals surface area (Å²) >= 11 is 0. The zero-order valence-electron chi connectivity index (χ0n) is 14.8. The summed E-state index contributed by atoms with van der Waals surface area (Å²) in [5.74, 6) is -28.0. The van der Waals surface area contributed by atoms with Crippen molar-refractivity contribution in [2.45, 2.75) is 11.7 Å². The van der Waals surface area contributed by atoms with Crippen LogP contribution in [-0.2, 0) is 5.54 Å². The number of benzene rings is 2. The molecule has 2 aromatic carbocycles. The van der Waals surface area contributed by atoms with Crippen molar-refractivity contribution in [1.29, 1.82) is 0 Å². The normalized spacial score (nSPS) is 21.3. The van der Waals surface area contributed by atoms with Gasteiger partial charge in [0.25, 0.3) is 0 Å². The summed E-state index contributed by atoms with van der Waals surface area (Å²) in [6.45, 7) is 0. The Kier molecular flexibility index (Phi) is 5.48. The van der Waals surface area contributed by atoms with E-state index in [1.165, 1.54) is 0 Å². The maximum atomic E-state index is 14.8. The third kappa shape index (κ3) is 2.88. The standard InChI is InChI=1S/C18H6F12N2/c19-3-1-2(4-7(21)14(28)16(31)15(29)8(4)22)6(20)17(30)18(3,32)5-9(23)11(25)13(27)12(26)10(5)24/h1,17H,31-32H2. The number of hydrogen-bond donors (Lipinski definition) is 2. The largest absolute Gasteiger partial charge is 0.394 e. The molecular formula is C18H6F12N2. The summed E-state index contributed by atoms with van der Waals surface area (Å²) in [7, 11) is 0. The summed E-state index contributed by atoms with van der Waals surface area (Å²) in [5, 5.41) is 0. The van der Waals surface area contributed by atoms with E-state index in [4.69, 9.17) is 11.5 Å². The molecule has 2 aromatic rings. The summed E-state index contributed by atoms with van der Waals surface area (Å²) in [4.78, 5) is 0. The first-order chi connectivity index (χ1) is 14.7. The molecule has 0 saturated heterocycles. The lowest BCUT2D eigenvalue weighted by Crippen LogP contribution is -2.50. The molecule has 0 spiro atoms. The predicted octanol–water partition coefficient (Wildman–Crippen LogP) is 5.26. The van der Waals surface area contributed by atoms with E-state index in [1.54, 1.807) is 0 Å². The minimum absolute atomic E-state index is 0.417. The maximum Gasteiger partial charge on any atom is 0.200 e. The summed E-state index contributed by atoms with van der Waals surface area (Å²) in [6, 6.07) is 0. The molecular weight excluding hydrogens is 472 g/mol. The van der Waals surface area contributed by atoms with Gasteiger partial charge in [0, 0.05) is 5.57 Å². The number of anilines is 1. The highest BCUT2D eigenvalue weighted by molar-refractivity contribution is 5.81. The van der Waals surface area contributed by atoms with Gasteiger partial charge >= 0.3 is 0 Å². The highest BCUT2D eigenvalue weighted by Crippen LogP contribution is 2.48. The summed E-state index contributed by atoms with van der Waals surface area (Å²) in [5.41, 5.74) is -2.04. The Labute approximate surface area is 169 Å². The molecule has 0 fully saturated rings. The molecule has 2 unspecified atom stereocenters. The van der Waals surface area contributed by atoms with Gasteiger partial charge < -0.3 is 11.5 Å². The van der Waals surface area contributed by atoms with E-state index in [0.29, 0.717) is 0 Å². The van der Waals surface area contributed by atoms with E-state index in [9.17, 15) is 52.7 Å². The van der Waals surface area contributed by atoms with Crippen LogP contribution in [0.4, 0.5) is 58.4 Å². The van der Waals surface area contributed by atoms with Crippen LogP contribution in [-0.4, -0.2) is 6.17 Å². The van der Waals surface area contributed by atoms with Gasteiger partial charge in [0.1, 0.15) is 22.9 Å². The maximum absolute atomic E-state index is 14.8. The number of allylic oxidation sites excluding steroid dienone is 2. The molecule has 0 bridgehead atoms. The molecule has 4 N–H and O–H groups in total. The lowest BCUT2D eigenvalue weighted by atomic mass is 9.78. The van der Waals surface area contributed by atoms with Gasteiger partial charge in [0.2, 0.25) is 5.82 Å². The molecule has 0 radical (unpaired) electrons. The first-order valence-corrected chi connectivity index (χ1v) is 8.03. The van der Waals surface area contributed by atoms with Crippen LogP contribution in [0.25, 0.3) is 5.57 Å². The zero-order chi connectivity index (χ0) is 24.4. The van der Waals surface area contributed by atoms with Crippen LogP contribution in [0.15, 0.2) is 17.7 Å². The van der Waals surface area contributed by atoms with Crippen LogP contribution in [0.3, 0.4) is 0 Å². The van der Waals surface area contributed by atoms with Crippen molar-refractivity contribution in [1.82, 2.24) is 0 Å². The lowest BCUT2D eigenvalue weighted by Gasteiger charge is -2.35. The Morgan fingerprint density at radius 1 is 0.625 bits per heavy atom. The second-order valence-corrected chi connectivity index (χ2v) is 6.47. The fraction of sp³-hybridized carbons (Fsp3) is 0.111. The second kappa shape index (κ2) is 7.46. The van der Waals surface area contributed by atoms with Crippen molar-refractivity contribution in [3.8, 4) is 0 Å². The molecule has 0 aliphatic heterocycles. The fourth-order valence-corrected chi connectivity index (χ4v) is 3.06. The fourth-order valence-electron chi connectivity index (χ4n) is 3.06. The van der Waals surface area contributed by atoms with Crippen LogP contribution in [0.1, 0.15) is 11.1 Å². The number of nitrogens with two attached hydrogens (primary N) is 2. The second-order valence-electron chi connectivity index (χ2n) is 6.47. The molecule has 3 rings (SSSR count). The van der Waals surface area contributed by atoms with E-state index in [1.807, 2.05) is 0 Å². The molecule has 172 valence electrons. The SMILES string of the molecule is Nc1c(F)c(F)c(C2=C(F)C(F)C(N)(c3c(F)c(F)c(F)c(F)c3F)C(F)=C2)c(F)c1F. The molecule has 32 heavy (non-hydrogen) atoms. The molecule has 14 heteroatoms. The molecule has 2 atom stereocenters. The van der Waals surface area contributed by atoms with Crippen molar-refractivity contribution in [3.05, 3.63) is 81.2 Å². The Balaban J connectivity index is 2.34. The molecule has 0 heterocycles.